The maximum Gasteiger partial charge on any atom is 0.189 e. The molecule has 0 aliphatic carbocycles. The molecule has 2 heterocycles. The SMILES string of the molecule is C[Si](C)(C)c1ccc2nc(-c3[c-]ccc4c3oc3ccccc34)ccc2c1-c1ccccc1.O=C(/C=C(\O)c1ccccc1)c1ccccc1.[Ir]. The van der Waals surface area contributed by atoms with Gasteiger partial charge in [-0.1, -0.05) is 163 Å². The Labute approximate surface area is 312 Å². The smallest absolute Gasteiger partial charge is 0.189 e. The Bertz CT molecular complexity index is 2490. The molecule has 253 valence electrons. The summed E-state index contributed by atoms with van der Waals surface area (Å²) < 4.78 is 6.24. The van der Waals surface area contributed by atoms with Gasteiger partial charge in [0.25, 0.3) is 0 Å². The van der Waals surface area contributed by atoms with E-state index >= 15 is 0 Å². The maximum absolute atomic E-state index is 11.8. The van der Waals surface area contributed by atoms with E-state index in [1.54, 1.807) is 36.4 Å². The second-order valence-corrected chi connectivity index (χ2v) is 18.2. The van der Waals surface area contributed by atoms with Gasteiger partial charge in [0, 0.05) is 48.1 Å². The first-order valence-corrected chi connectivity index (χ1v) is 20.2. The predicted molar refractivity (Wildman–Crippen MR) is 210 cm³/mol. The number of hydrogen-bond donors (Lipinski definition) is 1. The molecule has 6 heteroatoms. The maximum atomic E-state index is 11.8. The van der Waals surface area contributed by atoms with Crippen molar-refractivity contribution < 1.29 is 34.4 Å². The normalized spacial score (nSPS) is 11.5. The van der Waals surface area contributed by atoms with Crippen LogP contribution >= 0.6 is 0 Å². The van der Waals surface area contributed by atoms with E-state index < -0.39 is 8.07 Å². The van der Waals surface area contributed by atoms with Crippen LogP contribution in [0.5, 0.6) is 0 Å². The van der Waals surface area contributed by atoms with Crippen molar-refractivity contribution in [2.45, 2.75) is 19.6 Å². The quantitative estimate of drug-likeness (QED) is 0.0595. The molecule has 2 aromatic heterocycles. The van der Waals surface area contributed by atoms with Gasteiger partial charge in [0.15, 0.2) is 5.78 Å². The van der Waals surface area contributed by atoms with Gasteiger partial charge in [0.1, 0.15) is 11.3 Å². The molecule has 4 nitrogen and oxygen atoms in total. The molecule has 8 rings (SSSR count). The Morgan fingerprint density at radius 1 is 0.686 bits per heavy atom. The molecule has 1 N–H and O–H groups in total. The van der Waals surface area contributed by atoms with Crippen molar-refractivity contribution in [3.05, 3.63) is 175 Å². The van der Waals surface area contributed by atoms with Crippen LogP contribution in [0, 0.1) is 6.07 Å². The van der Waals surface area contributed by atoms with Gasteiger partial charge in [-0.25, -0.2) is 0 Å². The number of furan rings is 1. The number of benzene rings is 6. The summed E-state index contributed by atoms with van der Waals surface area (Å²) in [4.78, 5) is 16.9. The van der Waals surface area contributed by atoms with Gasteiger partial charge in [0.05, 0.1) is 19.2 Å². The zero-order valence-electron chi connectivity index (χ0n) is 28.6. The zero-order chi connectivity index (χ0) is 34.7. The van der Waals surface area contributed by atoms with Gasteiger partial charge in [-0.05, 0) is 29.0 Å². The number of ketones is 1. The van der Waals surface area contributed by atoms with Gasteiger partial charge in [-0.15, -0.1) is 18.2 Å². The summed E-state index contributed by atoms with van der Waals surface area (Å²) in [7, 11) is -1.56. The number of aliphatic hydroxyl groups excluding tert-OH is 1. The van der Waals surface area contributed by atoms with Crippen molar-refractivity contribution in [3.63, 3.8) is 0 Å². The third-order valence-electron chi connectivity index (χ3n) is 8.73. The van der Waals surface area contributed by atoms with Crippen LogP contribution < -0.4 is 5.19 Å². The molecule has 1 radical (unpaired) electrons. The minimum Gasteiger partial charge on any atom is -0.507 e. The first kappa shape index (κ1) is 35.4. The second kappa shape index (κ2) is 15.2. The molecule has 0 spiro atoms. The minimum atomic E-state index is -1.56. The van der Waals surface area contributed by atoms with Crippen molar-refractivity contribution in [2.75, 3.05) is 0 Å². The molecule has 0 atom stereocenters. The number of aromatic nitrogens is 1. The number of para-hydroxylation sites is 1. The topological polar surface area (TPSA) is 63.3 Å². The number of carbonyl (C=O) groups is 1. The molecule has 51 heavy (non-hydrogen) atoms. The summed E-state index contributed by atoms with van der Waals surface area (Å²) in [5, 5.41) is 14.7. The van der Waals surface area contributed by atoms with E-state index in [1.807, 2.05) is 48.5 Å². The summed E-state index contributed by atoms with van der Waals surface area (Å²) in [5.74, 6) is -0.216. The second-order valence-electron chi connectivity index (χ2n) is 13.2. The molecular weight excluding hydrogens is 823 g/mol. The fourth-order valence-corrected chi connectivity index (χ4v) is 7.88. The van der Waals surface area contributed by atoms with Crippen LogP contribution in [0.1, 0.15) is 15.9 Å². The third-order valence-corrected chi connectivity index (χ3v) is 10.8. The van der Waals surface area contributed by atoms with E-state index in [-0.39, 0.29) is 31.6 Å². The van der Waals surface area contributed by atoms with Crippen LogP contribution in [0.3, 0.4) is 0 Å². The summed E-state index contributed by atoms with van der Waals surface area (Å²) in [5.41, 5.74) is 8.28. The Hall–Kier alpha value is -5.39. The van der Waals surface area contributed by atoms with Gasteiger partial charge in [0.2, 0.25) is 0 Å². The van der Waals surface area contributed by atoms with E-state index in [9.17, 15) is 9.90 Å². The number of allylic oxidation sites excluding steroid dienone is 1. The van der Waals surface area contributed by atoms with Crippen LogP contribution in [0.25, 0.3) is 61.0 Å². The average molecular weight is 859 g/mol. The predicted octanol–water partition coefficient (Wildman–Crippen LogP) is 11.3. The largest absolute Gasteiger partial charge is 0.507 e. The van der Waals surface area contributed by atoms with Crippen molar-refractivity contribution in [1.82, 2.24) is 4.98 Å². The number of pyridine rings is 1. The van der Waals surface area contributed by atoms with Crippen LogP contribution in [0.2, 0.25) is 19.6 Å². The monoisotopic (exact) mass is 859 g/mol. The molecule has 0 amide bonds. The molecule has 0 fully saturated rings. The molecule has 0 aliphatic rings. The Morgan fingerprint density at radius 2 is 1.31 bits per heavy atom. The summed E-state index contributed by atoms with van der Waals surface area (Å²) in [6.07, 6.45) is 1.24. The standard InChI is InChI=1S/C30H24NOSi.C15H12O2.Ir/c1-33(2,3)28-19-18-25-23(29(28)20-10-5-4-6-11-20)16-17-26(31-25)24-14-9-13-22-21-12-7-8-15-27(21)32-30(22)24;16-14(12-7-3-1-4-8-12)11-15(17)13-9-5-2-6-10-13;/h4-13,15-19H,1-3H3;1-11,16H;/q-1;;/b;14-11-;. The first-order valence-electron chi connectivity index (χ1n) is 16.7. The van der Waals surface area contributed by atoms with Crippen LogP contribution in [-0.4, -0.2) is 23.9 Å². The number of nitrogens with zero attached hydrogens (tertiary/aromatic N) is 1. The van der Waals surface area contributed by atoms with E-state index in [4.69, 9.17) is 9.40 Å². The molecule has 8 aromatic rings. The molecule has 0 unspecified atom stereocenters. The fourth-order valence-electron chi connectivity index (χ4n) is 6.27. The first-order chi connectivity index (χ1) is 24.3. The van der Waals surface area contributed by atoms with E-state index in [2.05, 4.69) is 92.4 Å². The molecule has 0 saturated carbocycles. The number of aliphatic hydroxyl groups is 1. The molecule has 6 aromatic carbocycles. The Morgan fingerprint density at radius 3 is 2.00 bits per heavy atom. The van der Waals surface area contributed by atoms with Crippen molar-refractivity contribution >= 4 is 57.6 Å². The summed E-state index contributed by atoms with van der Waals surface area (Å²) >= 11 is 0. The number of hydrogen-bond acceptors (Lipinski definition) is 4. The molecule has 0 bridgehead atoms. The average Bonchev–Trinajstić information content (AvgIpc) is 3.54. The Kier molecular flexibility index (Phi) is 10.6. The third kappa shape index (κ3) is 7.54. The molecule has 0 aliphatic heterocycles. The zero-order valence-corrected chi connectivity index (χ0v) is 32.0. The van der Waals surface area contributed by atoms with E-state index in [0.717, 1.165) is 38.7 Å². The van der Waals surface area contributed by atoms with Crippen molar-refractivity contribution in [2.24, 2.45) is 0 Å². The van der Waals surface area contributed by atoms with Gasteiger partial charge in [-0.2, -0.15) is 0 Å². The van der Waals surface area contributed by atoms with Crippen LogP contribution in [0.4, 0.5) is 0 Å². The number of carbonyl (C=O) groups excluding carboxylic acids is 1. The molecule has 0 saturated heterocycles. The summed E-state index contributed by atoms with van der Waals surface area (Å²) in [6.45, 7) is 7.21. The Balaban J connectivity index is 0.000000211. The minimum absolute atomic E-state index is 0. The van der Waals surface area contributed by atoms with Crippen molar-refractivity contribution in [1.29, 1.82) is 0 Å². The van der Waals surface area contributed by atoms with Gasteiger partial charge < -0.3 is 9.52 Å². The molecular formula is C45H36IrNO3Si-. The van der Waals surface area contributed by atoms with Gasteiger partial charge >= 0.3 is 0 Å². The van der Waals surface area contributed by atoms with Crippen LogP contribution in [-0.2, 0) is 20.1 Å². The van der Waals surface area contributed by atoms with Crippen LogP contribution in [0.15, 0.2) is 162 Å². The fraction of sp³-hybridized carbons (Fsp3) is 0.0667. The van der Waals surface area contributed by atoms with Crippen molar-refractivity contribution in [3.8, 4) is 22.4 Å². The summed E-state index contributed by atoms with van der Waals surface area (Å²) in [6, 6.07) is 52.9. The van der Waals surface area contributed by atoms with E-state index in [1.165, 1.54) is 27.8 Å². The van der Waals surface area contributed by atoms with E-state index in [0.29, 0.717) is 11.1 Å². The number of rotatable bonds is 6. The number of fused-ring (bicyclic) bond motifs is 4. The van der Waals surface area contributed by atoms with Gasteiger partial charge in [-0.3, -0.25) is 9.78 Å².